The van der Waals surface area contributed by atoms with Gasteiger partial charge in [0.05, 0.1) is 17.7 Å². The van der Waals surface area contributed by atoms with E-state index in [2.05, 4.69) is 18.7 Å². The number of likely N-dealkylation sites (tertiary alicyclic amines) is 1. The summed E-state index contributed by atoms with van der Waals surface area (Å²) in [5.74, 6) is -1.49. The summed E-state index contributed by atoms with van der Waals surface area (Å²) in [5, 5.41) is 11.6. The molecule has 174 valence electrons. The van der Waals surface area contributed by atoms with Gasteiger partial charge >= 0.3 is 0 Å². The average molecular weight is 469 g/mol. The second-order valence-corrected chi connectivity index (χ2v) is 8.79. The molecule has 0 aliphatic carbocycles. The molecule has 2 saturated heterocycles. The number of hydrogen-bond donors (Lipinski definition) is 1. The number of ether oxygens (including phenoxy) is 1. The van der Waals surface area contributed by atoms with E-state index in [9.17, 15) is 14.7 Å². The molecule has 2 aromatic carbocycles. The summed E-state index contributed by atoms with van der Waals surface area (Å²) in [4.78, 5) is 30.0. The fourth-order valence-electron chi connectivity index (χ4n) is 4.64. The highest BCUT2D eigenvalue weighted by molar-refractivity contribution is 6.46. The van der Waals surface area contributed by atoms with Crippen molar-refractivity contribution in [2.45, 2.75) is 38.8 Å². The Bertz CT molecular complexity index is 1040. The van der Waals surface area contributed by atoms with Crippen LogP contribution in [0.1, 0.15) is 43.9 Å². The normalized spacial score (nSPS) is 22.2. The fraction of sp³-hybridized carbons (Fsp3) is 0.385. The van der Waals surface area contributed by atoms with E-state index in [4.69, 9.17) is 16.3 Å². The Morgan fingerprint density at radius 3 is 2.33 bits per heavy atom. The van der Waals surface area contributed by atoms with Gasteiger partial charge in [-0.25, -0.2) is 0 Å². The number of aliphatic hydroxyl groups excluding tert-OH is 1. The molecular formula is C26H29ClN2O4. The number of rotatable bonds is 7. The highest BCUT2D eigenvalue weighted by Gasteiger charge is 2.47. The number of aliphatic hydroxyl groups is 1. The second kappa shape index (κ2) is 9.98. The highest BCUT2D eigenvalue weighted by Crippen LogP contribution is 2.40. The third-order valence-electron chi connectivity index (χ3n) is 6.42. The smallest absolute Gasteiger partial charge is 0.295 e. The van der Waals surface area contributed by atoms with E-state index in [1.807, 2.05) is 24.3 Å². The molecular weight excluding hydrogens is 440 g/mol. The predicted molar refractivity (Wildman–Crippen MR) is 129 cm³/mol. The lowest BCUT2D eigenvalue weighted by molar-refractivity contribution is -0.140. The summed E-state index contributed by atoms with van der Waals surface area (Å²) in [6, 6.07) is 13.8. The number of nitrogens with zero attached hydrogens (tertiary/aromatic N) is 2. The molecule has 0 spiro atoms. The molecule has 7 heteroatoms. The maximum atomic E-state index is 13.1. The van der Waals surface area contributed by atoms with Gasteiger partial charge < -0.3 is 19.6 Å². The molecule has 2 heterocycles. The van der Waals surface area contributed by atoms with Crippen molar-refractivity contribution in [3.8, 4) is 0 Å². The largest absolute Gasteiger partial charge is 0.507 e. The SMILES string of the molecule is CCN(CC)c1ccc([C@@H]2C(=C(O)c3ccc(Cl)cc3)C(=O)C(=O)N2C[C@@H]2CCCO2)cc1. The van der Waals surface area contributed by atoms with E-state index in [1.54, 1.807) is 29.2 Å². The fourth-order valence-corrected chi connectivity index (χ4v) is 4.77. The minimum absolute atomic E-state index is 0.0934. The molecule has 2 atom stereocenters. The Hall–Kier alpha value is -2.83. The number of anilines is 1. The molecule has 33 heavy (non-hydrogen) atoms. The van der Waals surface area contributed by atoms with Crippen molar-refractivity contribution in [3.63, 3.8) is 0 Å². The van der Waals surface area contributed by atoms with Gasteiger partial charge in [0.1, 0.15) is 5.76 Å². The van der Waals surface area contributed by atoms with E-state index in [-0.39, 0.29) is 17.4 Å². The molecule has 0 unspecified atom stereocenters. The summed E-state index contributed by atoms with van der Waals surface area (Å²) >= 11 is 5.99. The quantitative estimate of drug-likeness (QED) is 0.359. The first-order chi connectivity index (χ1) is 15.9. The monoisotopic (exact) mass is 468 g/mol. The van der Waals surface area contributed by atoms with Gasteiger partial charge in [-0.3, -0.25) is 9.59 Å². The number of halogens is 1. The van der Waals surface area contributed by atoms with Crippen molar-refractivity contribution >= 4 is 34.7 Å². The molecule has 1 amide bonds. The number of hydrogen-bond acceptors (Lipinski definition) is 5. The van der Waals surface area contributed by atoms with E-state index < -0.39 is 17.7 Å². The van der Waals surface area contributed by atoms with E-state index in [1.165, 1.54) is 0 Å². The van der Waals surface area contributed by atoms with Crippen LogP contribution in [0, 0.1) is 0 Å². The minimum atomic E-state index is -0.685. The summed E-state index contributed by atoms with van der Waals surface area (Å²) in [6.45, 7) is 6.92. The van der Waals surface area contributed by atoms with Crippen LogP contribution in [0.4, 0.5) is 5.69 Å². The van der Waals surface area contributed by atoms with Crippen LogP contribution in [0.5, 0.6) is 0 Å². The Balaban J connectivity index is 1.78. The molecule has 4 rings (SSSR count). The zero-order valence-electron chi connectivity index (χ0n) is 19.0. The van der Waals surface area contributed by atoms with Crippen LogP contribution >= 0.6 is 11.6 Å². The Kier molecular flexibility index (Phi) is 7.05. The minimum Gasteiger partial charge on any atom is -0.507 e. The van der Waals surface area contributed by atoms with Crippen LogP contribution in [0.15, 0.2) is 54.1 Å². The van der Waals surface area contributed by atoms with Crippen molar-refractivity contribution in [3.05, 3.63) is 70.3 Å². The van der Waals surface area contributed by atoms with E-state index in [0.717, 1.165) is 37.2 Å². The lowest BCUT2D eigenvalue weighted by Crippen LogP contribution is -2.36. The first-order valence-electron chi connectivity index (χ1n) is 11.5. The predicted octanol–water partition coefficient (Wildman–Crippen LogP) is 4.79. The average Bonchev–Trinajstić information content (AvgIpc) is 3.43. The van der Waals surface area contributed by atoms with Gasteiger partial charge in [-0.05, 0) is 68.7 Å². The molecule has 2 aromatic rings. The van der Waals surface area contributed by atoms with Gasteiger partial charge in [0.25, 0.3) is 11.7 Å². The Morgan fingerprint density at radius 1 is 1.09 bits per heavy atom. The lowest BCUT2D eigenvalue weighted by atomic mass is 9.95. The van der Waals surface area contributed by atoms with Crippen molar-refractivity contribution < 1.29 is 19.4 Å². The molecule has 6 nitrogen and oxygen atoms in total. The second-order valence-electron chi connectivity index (χ2n) is 8.36. The standard InChI is InChI=1S/C26H29ClN2O4/c1-3-28(4-2)20-13-9-17(10-14-20)23-22(24(30)18-7-11-19(27)12-8-18)25(31)26(32)29(23)16-21-6-5-15-33-21/h7-14,21,23,30H,3-6,15-16H2,1-2H3/t21-,23+/m0/s1. The Morgan fingerprint density at radius 2 is 1.76 bits per heavy atom. The number of benzene rings is 2. The van der Waals surface area contributed by atoms with Gasteiger partial charge in [0.15, 0.2) is 0 Å². The topological polar surface area (TPSA) is 70.1 Å². The molecule has 2 aliphatic heterocycles. The van der Waals surface area contributed by atoms with Crippen LogP contribution < -0.4 is 4.90 Å². The molecule has 0 aromatic heterocycles. The number of Topliss-reactive ketones (excluding diaryl/α,β-unsaturated/α-hetero) is 1. The van der Waals surface area contributed by atoms with Crippen molar-refractivity contribution in [1.82, 2.24) is 4.90 Å². The third-order valence-corrected chi connectivity index (χ3v) is 6.67. The van der Waals surface area contributed by atoms with E-state index in [0.29, 0.717) is 23.7 Å². The van der Waals surface area contributed by atoms with Gasteiger partial charge in [-0.2, -0.15) is 0 Å². The van der Waals surface area contributed by atoms with Crippen LogP contribution in [0.3, 0.4) is 0 Å². The maximum Gasteiger partial charge on any atom is 0.295 e. The van der Waals surface area contributed by atoms with Gasteiger partial charge in [-0.15, -0.1) is 0 Å². The van der Waals surface area contributed by atoms with Crippen molar-refractivity contribution in [1.29, 1.82) is 0 Å². The number of ketones is 1. The summed E-state index contributed by atoms with van der Waals surface area (Å²) < 4.78 is 5.75. The molecule has 0 bridgehead atoms. The zero-order chi connectivity index (χ0) is 23.5. The maximum absolute atomic E-state index is 13.1. The molecule has 2 fully saturated rings. The van der Waals surface area contributed by atoms with Gasteiger partial charge in [-0.1, -0.05) is 23.7 Å². The highest BCUT2D eigenvalue weighted by atomic mass is 35.5. The summed E-state index contributed by atoms with van der Waals surface area (Å²) in [5.41, 5.74) is 2.38. The molecule has 0 saturated carbocycles. The number of carbonyl (C=O) groups is 2. The Labute approximate surface area is 199 Å². The van der Waals surface area contributed by atoms with Gasteiger partial charge in [0.2, 0.25) is 0 Å². The first kappa shape index (κ1) is 23.3. The number of amides is 1. The molecule has 2 aliphatic rings. The molecule has 1 N–H and O–H groups in total. The van der Waals surface area contributed by atoms with Crippen molar-refractivity contribution in [2.24, 2.45) is 0 Å². The van der Waals surface area contributed by atoms with Crippen molar-refractivity contribution in [2.75, 3.05) is 31.1 Å². The third kappa shape index (κ3) is 4.63. The lowest BCUT2D eigenvalue weighted by Gasteiger charge is -2.28. The zero-order valence-corrected chi connectivity index (χ0v) is 19.7. The first-order valence-corrected chi connectivity index (χ1v) is 11.8. The molecule has 0 radical (unpaired) electrons. The van der Waals surface area contributed by atoms with Crippen LogP contribution in [0.25, 0.3) is 5.76 Å². The van der Waals surface area contributed by atoms with Crippen LogP contribution in [-0.4, -0.2) is 54.0 Å². The summed E-state index contributed by atoms with van der Waals surface area (Å²) in [7, 11) is 0. The number of carbonyl (C=O) groups excluding carboxylic acids is 2. The van der Waals surface area contributed by atoms with Gasteiger partial charge in [0, 0.05) is 42.5 Å². The van der Waals surface area contributed by atoms with Crippen LogP contribution in [0.2, 0.25) is 5.02 Å². The van der Waals surface area contributed by atoms with Crippen LogP contribution in [-0.2, 0) is 14.3 Å². The van der Waals surface area contributed by atoms with E-state index >= 15 is 0 Å². The summed E-state index contributed by atoms with van der Waals surface area (Å²) in [6.07, 6.45) is 1.66.